The Bertz CT molecular complexity index is 961. The van der Waals surface area contributed by atoms with Gasteiger partial charge in [-0.1, -0.05) is 36.4 Å². The first-order chi connectivity index (χ1) is 13.9. The minimum atomic E-state index is -0.368. The molecule has 1 aliphatic heterocycles. The van der Waals surface area contributed by atoms with Gasteiger partial charge in [-0.2, -0.15) is 0 Å². The molecule has 3 aromatic rings. The molecule has 2 aromatic carbocycles. The van der Waals surface area contributed by atoms with Crippen LogP contribution < -0.4 is 0 Å². The number of aryl methyl sites for hydroxylation is 1. The van der Waals surface area contributed by atoms with Gasteiger partial charge in [0, 0.05) is 24.5 Å². The van der Waals surface area contributed by atoms with E-state index in [1.807, 2.05) is 31.3 Å². The smallest absolute Gasteiger partial charge is 0.123 e. The van der Waals surface area contributed by atoms with E-state index in [4.69, 9.17) is 4.74 Å². The average Bonchev–Trinajstić information content (AvgIpc) is 2.74. The third-order valence-corrected chi connectivity index (χ3v) is 6.05. The van der Waals surface area contributed by atoms with Gasteiger partial charge in [-0.05, 0) is 73.7 Å². The maximum absolute atomic E-state index is 13.2. The molecule has 0 spiro atoms. The molecule has 3 nitrogen and oxygen atoms in total. The quantitative estimate of drug-likeness (QED) is 0.558. The van der Waals surface area contributed by atoms with E-state index in [1.165, 1.54) is 28.8 Å². The summed E-state index contributed by atoms with van der Waals surface area (Å²) in [4.78, 5) is 6.62. The Hall–Kier alpha value is -2.56. The summed E-state index contributed by atoms with van der Waals surface area (Å²) >= 11 is 0. The van der Waals surface area contributed by atoms with Crippen LogP contribution in [0.25, 0.3) is 11.1 Å². The van der Waals surface area contributed by atoms with Crippen LogP contribution in [0.2, 0.25) is 0 Å². The standard InChI is InChI=1S/C25H27FN2O/c1-18-16-22(12-14-27-18)21-6-4-20(5-7-21)19(2)28-15-13-25(3,29-17-28)23-8-10-24(26)11-9-23/h4-12,14,16,19H,13,15,17H2,1-3H3. The van der Waals surface area contributed by atoms with Crippen LogP contribution in [0.1, 0.15) is 43.1 Å². The molecule has 1 aliphatic rings. The molecule has 1 aromatic heterocycles. The Labute approximate surface area is 172 Å². The summed E-state index contributed by atoms with van der Waals surface area (Å²) in [6.45, 7) is 7.81. The number of nitrogens with zero attached hydrogens (tertiary/aromatic N) is 2. The van der Waals surface area contributed by atoms with Crippen LogP contribution in [0.15, 0.2) is 66.9 Å². The Morgan fingerprint density at radius 1 is 1.03 bits per heavy atom. The topological polar surface area (TPSA) is 25.4 Å². The molecule has 0 radical (unpaired) electrons. The Kier molecular flexibility index (Phi) is 5.48. The van der Waals surface area contributed by atoms with Gasteiger partial charge < -0.3 is 4.74 Å². The number of rotatable bonds is 4. The van der Waals surface area contributed by atoms with E-state index in [-0.39, 0.29) is 17.5 Å². The second-order valence-corrected chi connectivity index (χ2v) is 8.06. The Balaban J connectivity index is 1.43. The van der Waals surface area contributed by atoms with Crippen LogP contribution >= 0.6 is 0 Å². The minimum absolute atomic E-state index is 0.214. The highest BCUT2D eigenvalue weighted by Crippen LogP contribution is 2.35. The summed E-state index contributed by atoms with van der Waals surface area (Å²) in [5.74, 6) is -0.214. The fourth-order valence-corrected chi connectivity index (χ4v) is 3.94. The SMILES string of the molecule is Cc1cc(-c2ccc(C(C)N3CCC(C)(c4ccc(F)cc4)OC3)cc2)ccn1. The van der Waals surface area contributed by atoms with Crippen LogP contribution in [-0.4, -0.2) is 23.2 Å². The molecule has 4 rings (SSSR count). The normalized spacial score (nSPS) is 21.1. The number of ether oxygens (including phenoxy) is 1. The first kappa shape index (κ1) is 19.7. The summed E-state index contributed by atoms with van der Waals surface area (Å²) in [6.07, 6.45) is 2.72. The van der Waals surface area contributed by atoms with Crippen LogP contribution in [0.5, 0.6) is 0 Å². The van der Waals surface area contributed by atoms with E-state index < -0.39 is 0 Å². The van der Waals surface area contributed by atoms with Crippen molar-refractivity contribution in [2.24, 2.45) is 0 Å². The van der Waals surface area contributed by atoms with E-state index in [0.29, 0.717) is 6.73 Å². The number of halogens is 1. The molecule has 0 amide bonds. The molecule has 0 saturated carbocycles. The van der Waals surface area contributed by atoms with Gasteiger partial charge in [-0.25, -0.2) is 4.39 Å². The summed E-state index contributed by atoms with van der Waals surface area (Å²) in [5.41, 5.74) is 5.34. The summed E-state index contributed by atoms with van der Waals surface area (Å²) in [7, 11) is 0. The molecule has 2 unspecified atom stereocenters. The van der Waals surface area contributed by atoms with Crippen molar-refractivity contribution < 1.29 is 9.13 Å². The molecule has 2 heterocycles. The van der Waals surface area contributed by atoms with Gasteiger partial charge in [-0.3, -0.25) is 9.88 Å². The highest BCUT2D eigenvalue weighted by atomic mass is 19.1. The van der Waals surface area contributed by atoms with Crippen molar-refractivity contribution in [2.75, 3.05) is 13.3 Å². The third kappa shape index (κ3) is 4.24. The largest absolute Gasteiger partial charge is 0.355 e. The lowest BCUT2D eigenvalue weighted by Gasteiger charge is -2.42. The summed E-state index contributed by atoms with van der Waals surface area (Å²) < 4.78 is 19.5. The monoisotopic (exact) mass is 390 g/mol. The maximum atomic E-state index is 13.2. The number of hydrogen-bond donors (Lipinski definition) is 0. The third-order valence-electron chi connectivity index (χ3n) is 6.05. The zero-order chi connectivity index (χ0) is 20.4. The molecule has 1 fully saturated rings. The first-order valence-corrected chi connectivity index (χ1v) is 10.1. The van der Waals surface area contributed by atoms with Crippen molar-refractivity contribution in [3.63, 3.8) is 0 Å². The zero-order valence-electron chi connectivity index (χ0n) is 17.2. The second-order valence-electron chi connectivity index (χ2n) is 8.06. The van der Waals surface area contributed by atoms with Crippen molar-refractivity contribution >= 4 is 0 Å². The van der Waals surface area contributed by atoms with Gasteiger partial charge in [0.1, 0.15) is 12.5 Å². The molecular formula is C25H27FN2O. The second kappa shape index (κ2) is 8.05. The number of pyridine rings is 1. The molecule has 150 valence electrons. The molecule has 0 aliphatic carbocycles. The van der Waals surface area contributed by atoms with Crippen LogP contribution in [0, 0.1) is 12.7 Å². The zero-order valence-corrected chi connectivity index (χ0v) is 17.2. The summed E-state index contributed by atoms with van der Waals surface area (Å²) in [6, 6.07) is 19.8. The molecule has 1 saturated heterocycles. The number of hydrogen-bond acceptors (Lipinski definition) is 3. The van der Waals surface area contributed by atoms with Gasteiger partial charge >= 0.3 is 0 Å². The highest BCUT2D eigenvalue weighted by Gasteiger charge is 2.34. The van der Waals surface area contributed by atoms with E-state index in [0.717, 1.165) is 24.2 Å². The van der Waals surface area contributed by atoms with Gasteiger partial charge in [0.25, 0.3) is 0 Å². The first-order valence-electron chi connectivity index (χ1n) is 10.1. The molecular weight excluding hydrogens is 363 g/mol. The van der Waals surface area contributed by atoms with Gasteiger partial charge in [0.15, 0.2) is 0 Å². The van der Waals surface area contributed by atoms with Crippen LogP contribution in [0.4, 0.5) is 4.39 Å². The molecule has 0 N–H and O–H groups in total. The summed E-state index contributed by atoms with van der Waals surface area (Å²) in [5, 5.41) is 0. The minimum Gasteiger partial charge on any atom is -0.355 e. The molecule has 0 bridgehead atoms. The van der Waals surface area contributed by atoms with Crippen molar-refractivity contribution in [2.45, 2.75) is 38.8 Å². The fraction of sp³-hybridized carbons (Fsp3) is 0.320. The predicted molar refractivity (Wildman–Crippen MR) is 114 cm³/mol. The van der Waals surface area contributed by atoms with E-state index in [9.17, 15) is 4.39 Å². The fourth-order valence-electron chi connectivity index (χ4n) is 3.94. The molecule has 2 atom stereocenters. The van der Waals surface area contributed by atoms with Crippen LogP contribution in [-0.2, 0) is 10.3 Å². The van der Waals surface area contributed by atoms with Gasteiger partial charge in [-0.15, -0.1) is 0 Å². The van der Waals surface area contributed by atoms with E-state index in [2.05, 4.69) is 54.1 Å². The predicted octanol–water partition coefficient (Wildman–Crippen LogP) is 5.85. The van der Waals surface area contributed by atoms with Gasteiger partial charge in [0.2, 0.25) is 0 Å². The van der Waals surface area contributed by atoms with Crippen LogP contribution in [0.3, 0.4) is 0 Å². The Morgan fingerprint density at radius 2 is 1.76 bits per heavy atom. The van der Waals surface area contributed by atoms with E-state index >= 15 is 0 Å². The van der Waals surface area contributed by atoms with Gasteiger partial charge in [0.05, 0.1) is 5.60 Å². The molecule has 4 heteroatoms. The lowest BCUT2D eigenvalue weighted by Crippen LogP contribution is -2.44. The lowest BCUT2D eigenvalue weighted by molar-refractivity contribution is -0.144. The number of benzene rings is 2. The van der Waals surface area contributed by atoms with Crippen molar-refractivity contribution in [1.29, 1.82) is 0 Å². The lowest BCUT2D eigenvalue weighted by atomic mass is 9.90. The average molecular weight is 391 g/mol. The maximum Gasteiger partial charge on any atom is 0.123 e. The van der Waals surface area contributed by atoms with Crippen molar-refractivity contribution in [3.05, 3.63) is 89.5 Å². The Morgan fingerprint density at radius 3 is 2.38 bits per heavy atom. The van der Waals surface area contributed by atoms with Crippen molar-refractivity contribution in [1.82, 2.24) is 9.88 Å². The van der Waals surface area contributed by atoms with Crippen molar-refractivity contribution in [3.8, 4) is 11.1 Å². The molecule has 29 heavy (non-hydrogen) atoms. The van der Waals surface area contributed by atoms with E-state index in [1.54, 1.807) is 0 Å². The highest BCUT2D eigenvalue weighted by molar-refractivity contribution is 5.63. The number of aromatic nitrogens is 1.